The maximum atomic E-state index is 6.26. The molecule has 0 radical (unpaired) electrons. The molecule has 122 valence electrons. The van der Waals surface area contributed by atoms with Crippen LogP contribution in [0.15, 0.2) is 36.4 Å². The molecule has 0 saturated heterocycles. The minimum atomic E-state index is -1.74. The molecule has 0 bridgehead atoms. The molecule has 0 aromatic heterocycles. The van der Waals surface area contributed by atoms with Crippen LogP contribution >= 0.6 is 0 Å². The highest BCUT2D eigenvalue weighted by Crippen LogP contribution is 2.41. The summed E-state index contributed by atoms with van der Waals surface area (Å²) in [5.74, 6) is 3.53. The fraction of sp³-hybridized carbons (Fsp3) is 0.429. The second-order valence-electron chi connectivity index (χ2n) is 7.40. The lowest BCUT2D eigenvalue weighted by molar-refractivity contribution is 0.838. The lowest BCUT2D eigenvalue weighted by atomic mass is 10.0. The van der Waals surface area contributed by atoms with E-state index in [1.807, 2.05) is 6.07 Å². The van der Waals surface area contributed by atoms with Crippen molar-refractivity contribution in [1.82, 2.24) is 0 Å². The Kier molecular flexibility index (Phi) is 5.22. The van der Waals surface area contributed by atoms with Crippen LogP contribution in [0.25, 0.3) is 10.8 Å². The van der Waals surface area contributed by atoms with Gasteiger partial charge in [0.05, 0.1) is 5.56 Å². The Morgan fingerprint density at radius 3 is 1.96 bits per heavy atom. The Labute approximate surface area is 142 Å². The summed E-state index contributed by atoms with van der Waals surface area (Å²) in [6.45, 7) is 14.0. The average molecular weight is 324 g/mol. The molecule has 0 atom stereocenters. The van der Waals surface area contributed by atoms with Gasteiger partial charge in [-0.1, -0.05) is 77.8 Å². The van der Waals surface area contributed by atoms with Crippen LogP contribution < -0.4 is 5.73 Å². The lowest BCUT2D eigenvalue weighted by Crippen LogP contribution is -2.43. The molecule has 2 aromatic carbocycles. The van der Waals surface area contributed by atoms with Crippen LogP contribution in [0.4, 0.5) is 5.69 Å². The molecule has 0 aliphatic carbocycles. The van der Waals surface area contributed by atoms with Crippen LogP contribution in [0.1, 0.15) is 47.1 Å². The molecule has 1 nitrogen and oxygen atoms in total. The highest BCUT2D eigenvalue weighted by atomic mass is 28.3. The largest absolute Gasteiger partial charge is 0.398 e. The molecule has 0 aliphatic rings. The van der Waals surface area contributed by atoms with Gasteiger partial charge in [-0.25, -0.2) is 0 Å². The van der Waals surface area contributed by atoms with Crippen molar-refractivity contribution in [3.63, 3.8) is 0 Å². The Bertz CT molecular complexity index is 725. The van der Waals surface area contributed by atoms with E-state index in [1.165, 1.54) is 10.8 Å². The van der Waals surface area contributed by atoms with Crippen molar-refractivity contribution in [2.24, 2.45) is 0 Å². The molecule has 2 aromatic rings. The predicted octanol–water partition coefficient (Wildman–Crippen LogP) is 5.99. The van der Waals surface area contributed by atoms with Crippen molar-refractivity contribution < 1.29 is 0 Å². The summed E-state index contributed by atoms with van der Waals surface area (Å²) < 4.78 is 0. The van der Waals surface area contributed by atoms with E-state index in [-0.39, 0.29) is 0 Å². The minimum absolute atomic E-state index is 0.631. The standard InChI is InChI=1S/C21H29NSi/c1-15(2)23(16(3)4,17(5)6)14-13-20-19-10-8-7-9-18(19)11-12-21(20)22/h7-12,15-17H,22H2,1-6H3. The van der Waals surface area contributed by atoms with Gasteiger partial charge in [0.2, 0.25) is 0 Å². The lowest BCUT2D eigenvalue weighted by Gasteiger charge is -2.38. The number of nitrogens with two attached hydrogens (primary N) is 1. The molecule has 2 N–H and O–H groups in total. The van der Waals surface area contributed by atoms with E-state index in [9.17, 15) is 0 Å². The minimum Gasteiger partial charge on any atom is -0.398 e. The predicted molar refractivity (Wildman–Crippen MR) is 106 cm³/mol. The molecule has 2 heteroatoms. The molecule has 0 spiro atoms. The molecule has 0 saturated carbocycles. The maximum absolute atomic E-state index is 6.26. The number of nitrogen functional groups attached to an aromatic ring is 1. The van der Waals surface area contributed by atoms with E-state index in [0.717, 1.165) is 11.3 Å². The van der Waals surface area contributed by atoms with Crippen LogP contribution in [0.2, 0.25) is 16.6 Å². The summed E-state index contributed by atoms with van der Waals surface area (Å²) in [6.07, 6.45) is 0. The van der Waals surface area contributed by atoms with Crippen molar-refractivity contribution in [2.45, 2.75) is 58.2 Å². The molecule has 0 heterocycles. The Morgan fingerprint density at radius 2 is 1.39 bits per heavy atom. The quantitative estimate of drug-likeness (QED) is 0.419. The molecule has 0 amide bonds. The summed E-state index contributed by atoms with van der Waals surface area (Å²) in [7, 11) is -1.74. The van der Waals surface area contributed by atoms with Gasteiger partial charge in [-0.15, -0.1) is 5.54 Å². The van der Waals surface area contributed by atoms with Crippen molar-refractivity contribution in [1.29, 1.82) is 0 Å². The first-order valence-electron chi connectivity index (χ1n) is 8.61. The van der Waals surface area contributed by atoms with Crippen LogP contribution in [0.5, 0.6) is 0 Å². The zero-order chi connectivity index (χ0) is 17.2. The van der Waals surface area contributed by atoms with Crippen molar-refractivity contribution in [3.8, 4) is 11.5 Å². The van der Waals surface area contributed by atoms with Crippen LogP contribution in [-0.2, 0) is 0 Å². The smallest absolute Gasteiger partial charge is 0.146 e. The van der Waals surface area contributed by atoms with E-state index in [2.05, 4.69) is 83.3 Å². The van der Waals surface area contributed by atoms with Gasteiger partial charge < -0.3 is 5.73 Å². The normalized spacial score (nSPS) is 12.0. The molecule has 2 rings (SSSR count). The van der Waals surface area contributed by atoms with Gasteiger partial charge in [-0.2, -0.15) is 0 Å². The van der Waals surface area contributed by atoms with Crippen LogP contribution in [-0.4, -0.2) is 8.07 Å². The second-order valence-corrected chi connectivity index (χ2v) is 13.0. The zero-order valence-electron chi connectivity index (χ0n) is 15.3. The summed E-state index contributed by atoms with van der Waals surface area (Å²) in [5.41, 5.74) is 13.7. The third kappa shape index (κ3) is 3.16. The van der Waals surface area contributed by atoms with Crippen LogP contribution in [0, 0.1) is 11.5 Å². The van der Waals surface area contributed by atoms with Gasteiger partial charge in [-0.05, 0) is 33.5 Å². The molecule has 0 fully saturated rings. The SMILES string of the molecule is CC(C)[Si](C#Cc1c(N)ccc2ccccc12)(C(C)C)C(C)C. The van der Waals surface area contributed by atoms with E-state index >= 15 is 0 Å². The Hall–Kier alpha value is -1.72. The average Bonchev–Trinajstić information content (AvgIpc) is 2.48. The molecular weight excluding hydrogens is 294 g/mol. The molecule has 0 aliphatic heterocycles. The third-order valence-corrected chi connectivity index (χ3v) is 11.5. The number of benzene rings is 2. The molecule has 23 heavy (non-hydrogen) atoms. The van der Waals surface area contributed by atoms with Gasteiger partial charge in [0.15, 0.2) is 0 Å². The monoisotopic (exact) mass is 323 g/mol. The van der Waals surface area contributed by atoms with Crippen molar-refractivity contribution in [3.05, 3.63) is 42.0 Å². The van der Waals surface area contributed by atoms with Gasteiger partial charge in [0.25, 0.3) is 0 Å². The number of anilines is 1. The van der Waals surface area contributed by atoms with Gasteiger partial charge >= 0.3 is 0 Å². The van der Waals surface area contributed by atoms with E-state index in [0.29, 0.717) is 16.6 Å². The summed E-state index contributed by atoms with van der Waals surface area (Å²) in [5, 5.41) is 2.37. The van der Waals surface area contributed by atoms with Gasteiger partial charge in [-0.3, -0.25) is 0 Å². The number of hydrogen-bond acceptors (Lipinski definition) is 1. The first kappa shape index (κ1) is 17.6. The fourth-order valence-electron chi connectivity index (χ4n) is 4.03. The highest BCUT2D eigenvalue weighted by Gasteiger charge is 2.41. The van der Waals surface area contributed by atoms with Gasteiger partial charge in [0.1, 0.15) is 8.07 Å². The first-order chi connectivity index (χ1) is 10.8. The Balaban J connectivity index is 2.67. The zero-order valence-corrected chi connectivity index (χ0v) is 16.3. The Morgan fingerprint density at radius 1 is 0.826 bits per heavy atom. The fourth-order valence-corrected chi connectivity index (χ4v) is 9.24. The number of hydrogen-bond donors (Lipinski definition) is 1. The van der Waals surface area contributed by atoms with Crippen molar-refractivity contribution >= 4 is 24.5 Å². The molecular formula is C21H29NSi. The first-order valence-corrected chi connectivity index (χ1v) is 10.8. The third-order valence-electron chi connectivity index (χ3n) is 5.23. The summed E-state index contributed by atoms with van der Waals surface area (Å²) in [6, 6.07) is 12.4. The summed E-state index contributed by atoms with van der Waals surface area (Å²) >= 11 is 0. The maximum Gasteiger partial charge on any atom is 0.146 e. The van der Waals surface area contributed by atoms with Crippen LogP contribution in [0.3, 0.4) is 0 Å². The molecule has 0 unspecified atom stereocenters. The summed E-state index contributed by atoms with van der Waals surface area (Å²) in [4.78, 5) is 0. The topological polar surface area (TPSA) is 26.0 Å². The number of rotatable bonds is 3. The van der Waals surface area contributed by atoms with E-state index in [1.54, 1.807) is 0 Å². The second kappa shape index (κ2) is 6.80. The number of fused-ring (bicyclic) bond motifs is 1. The van der Waals surface area contributed by atoms with Gasteiger partial charge in [0, 0.05) is 5.69 Å². The van der Waals surface area contributed by atoms with E-state index in [4.69, 9.17) is 5.73 Å². The van der Waals surface area contributed by atoms with E-state index < -0.39 is 8.07 Å². The van der Waals surface area contributed by atoms with Crippen molar-refractivity contribution in [2.75, 3.05) is 5.73 Å². The highest BCUT2D eigenvalue weighted by molar-refractivity contribution is 6.90.